The highest BCUT2D eigenvalue weighted by Gasteiger charge is 1.99. The third-order valence-electron chi connectivity index (χ3n) is 2.32. The molecule has 1 N–H and O–H groups in total. The fraction of sp³-hybridized carbons (Fsp3) is 0.643. The van der Waals surface area contributed by atoms with Crippen molar-refractivity contribution in [2.75, 3.05) is 19.8 Å². The van der Waals surface area contributed by atoms with Crippen LogP contribution in [0.3, 0.4) is 0 Å². The van der Waals surface area contributed by atoms with Gasteiger partial charge in [0.1, 0.15) is 12.4 Å². The summed E-state index contributed by atoms with van der Waals surface area (Å²) in [5.74, 6) is 0.852. The Balaban J connectivity index is 2.30. The van der Waals surface area contributed by atoms with E-state index in [0.29, 0.717) is 19.3 Å². The molecule has 0 spiro atoms. The van der Waals surface area contributed by atoms with E-state index in [1.807, 2.05) is 12.1 Å². The van der Waals surface area contributed by atoms with Gasteiger partial charge in [-0.25, -0.2) is 0 Å². The predicted octanol–water partition coefficient (Wildman–Crippen LogP) is 2.39. The molecule has 0 radical (unpaired) electrons. The fourth-order valence-corrected chi connectivity index (χ4v) is 1.42. The van der Waals surface area contributed by atoms with E-state index in [-0.39, 0.29) is 0 Å². The quantitative estimate of drug-likeness (QED) is 0.685. The maximum Gasteiger partial charge on any atom is 0.122 e. The van der Waals surface area contributed by atoms with Crippen LogP contribution in [0.1, 0.15) is 32.9 Å². The van der Waals surface area contributed by atoms with Gasteiger partial charge in [-0.05, 0) is 12.5 Å². The Morgan fingerprint density at radius 2 is 2.11 bits per heavy atom. The van der Waals surface area contributed by atoms with Crippen molar-refractivity contribution in [3.8, 4) is 5.75 Å². The first-order chi connectivity index (χ1) is 8.72. The lowest BCUT2D eigenvalue weighted by Crippen LogP contribution is -2.22. The van der Waals surface area contributed by atoms with Crippen LogP contribution in [0.15, 0.2) is 18.3 Å². The minimum atomic E-state index is 0.457. The molecule has 1 aromatic rings. The van der Waals surface area contributed by atoms with E-state index in [1.54, 1.807) is 6.20 Å². The summed E-state index contributed by atoms with van der Waals surface area (Å²) in [6.45, 7) is 9.11. The van der Waals surface area contributed by atoms with Crippen LogP contribution >= 0.6 is 0 Å². The molecule has 1 rings (SSSR count). The molecule has 0 saturated heterocycles. The van der Waals surface area contributed by atoms with Crippen molar-refractivity contribution in [1.29, 1.82) is 0 Å². The molecule has 1 heterocycles. The first-order valence-electron chi connectivity index (χ1n) is 6.61. The van der Waals surface area contributed by atoms with E-state index in [0.717, 1.165) is 31.0 Å². The molecule has 4 nitrogen and oxygen atoms in total. The van der Waals surface area contributed by atoms with Gasteiger partial charge >= 0.3 is 0 Å². The highest BCUT2D eigenvalue weighted by molar-refractivity contribution is 5.22. The molecule has 0 aromatic carbocycles. The summed E-state index contributed by atoms with van der Waals surface area (Å²) in [6, 6.07) is 4.30. The second kappa shape index (κ2) is 8.89. The Morgan fingerprint density at radius 1 is 1.28 bits per heavy atom. The number of aromatic nitrogens is 1. The van der Waals surface area contributed by atoms with E-state index >= 15 is 0 Å². The summed E-state index contributed by atoms with van der Waals surface area (Å²) >= 11 is 0. The first kappa shape index (κ1) is 14.9. The Morgan fingerprint density at radius 3 is 2.83 bits per heavy atom. The van der Waals surface area contributed by atoms with Crippen LogP contribution in [-0.4, -0.2) is 30.8 Å². The number of nitrogens with one attached hydrogen (secondary N) is 1. The second-order valence-corrected chi connectivity index (χ2v) is 4.48. The Bertz CT molecular complexity index is 329. The maximum absolute atomic E-state index is 5.61. The molecule has 0 aliphatic rings. The van der Waals surface area contributed by atoms with Crippen LogP contribution < -0.4 is 10.1 Å². The van der Waals surface area contributed by atoms with E-state index in [9.17, 15) is 0 Å². The second-order valence-electron chi connectivity index (χ2n) is 4.48. The number of pyridine rings is 1. The minimum absolute atomic E-state index is 0.457. The first-order valence-corrected chi connectivity index (χ1v) is 6.61. The number of nitrogens with zero attached hydrogens (tertiary/aromatic N) is 1. The van der Waals surface area contributed by atoms with Crippen molar-refractivity contribution >= 4 is 0 Å². The average molecular weight is 252 g/mol. The zero-order chi connectivity index (χ0) is 13.2. The summed E-state index contributed by atoms with van der Waals surface area (Å²) in [5, 5.41) is 3.33. The zero-order valence-electron chi connectivity index (χ0n) is 11.6. The van der Waals surface area contributed by atoms with Gasteiger partial charge in [0.25, 0.3) is 0 Å². The van der Waals surface area contributed by atoms with E-state index < -0.39 is 0 Å². The summed E-state index contributed by atoms with van der Waals surface area (Å²) < 4.78 is 11.0. The predicted molar refractivity (Wildman–Crippen MR) is 72.8 cm³/mol. The zero-order valence-corrected chi connectivity index (χ0v) is 11.6. The fourth-order valence-electron chi connectivity index (χ4n) is 1.42. The van der Waals surface area contributed by atoms with Gasteiger partial charge in [-0.1, -0.05) is 20.8 Å². The average Bonchev–Trinajstić information content (AvgIpc) is 2.37. The van der Waals surface area contributed by atoms with Crippen molar-refractivity contribution in [2.24, 2.45) is 0 Å². The Kier molecular flexibility index (Phi) is 7.37. The minimum Gasteiger partial charge on any atom is -0.491 e. The lowest BCUT2D eigenvalue weighted by Gasteiger charge is -2.10. The summed E-state index contributed by atoms with van der Waals surface area (Å²) in [7, 11) is 0. The Hall–Kier alpha value is -1.13. The van der Waals surface area contributed by atoms with Gasteiger partial charge < -0.3 is 14.8 Å². The highest BCUT2D eigenvalue weighted by atomic mass is 16.5. The lowest BCUT2D eigenvalue weighted by molar-refractivity contribution is 0.101. The van der Waals surface area contributed by atoms with Crippen molar-refractivity contribution < 1.29 is 9.47 Å². The molecule has 4 heteroatoms. The van der Waals surface area contributed by atoms with Crippen LogP contribution in [0.2, 0.25) is 0 Å². The topological polar surface area (TPSA) is 43.4 Å². The molecule has 0 aliphatic carbocycles. The lowest BCUT2D eigenvalue weighted by atomic mass is 10.3. The van der Waals surface area contributed by atoms with Crippen LogP contribution in [-0.2, 0) is 11.3 Å². The molecular formula is C14H24N2O2. The number of hydrogen-bond donors (Lipinski definition) is 1. The van der Waals surface area contributed by atoms with Gasteiger partial charge in [0, 0.05) is 31.5 Å². The van der Waals surface area contributed by atoms with Crippen molar-refractivity contribution in [3.05, 3.63) is 24.0 Å². The number of hydrogen-bond acceptors (Lipinski definition) is 4. The molecule has 0 unspecified atom stereocenters. The molecule has 0 bridgehead atoms. The highest BCUT2D eigenvalue weighted by Crippen LogP contribution is 2.10. The molecule has 18 heavy (non-hydrogen) atoms. The van der Waals surface area contributed by atoms with E-state index in [4.69, 9.17) is 9.47 Å². The van der Waals surface area contributed by atoms with Crippen molar-refractivity contribution in [3.63, 3.8) is 0 Å². The Labute approximate surface area is 110 Å². The standard InChI is InChI=1S/C14H24N2O2/c1-4-7-17-8-9-18-14-5-6-15-13(10-14)11-16-12(2)3/h5-6,10,12,16H,4,7-9,11H2,1-3H3. The largest absolute Gasteiger partial charge is 0.491 e. The summed E-state index contributed by atoms with van der Waals surface area (Å²) in [5.41, 5.74) is 0.996. The van der Waals surface area contributed by atoms with Gasteiger partial charge in [-0.3, -0.25) is 4.98 Å². The third-order valence-corrected chi connectivity index (χ3v) is 2.32. The molecule has 0 atom stereocenters. The van der Waals surface area contributed by atoms with Crippen molar-refractivity contribution in [1.82, 2.24) is 10.3 Å². The van der Waals surface area contributed by atoms with Gasteiger partial charge in [0.15, 0.2) is 0 Å². The number of ether oxygens (including phenoxy) is 2. The molecule has 0 aliphatic heterocycles. The van der Waals surface area contributed by atoms with Gasteiger partial charge in [0.2, 0.25) is 0 Å². The van der Waals surface area contributed by atoms with Crippen LogP contribution in [0, 0.1) is 0 Å². The maximum atomic E-state index is 5.61. The smallest absolute Gasteiger partial charge is 0.122 e. The molecular weight excluding hydrogens is 228 g/mol. The molecule has 0 saturated carbocycles. The van der Waals surface area contributed by atoms with Crippen LogP contribution in [0.4, 0.5) is 0 Å². The molecule has 102 valence electrons. The molecule has 0 amide bonds. The van der Waals surface area contributed by atoms with Crippen LogP contribution in [0.5, 0.6) is 5.75 Å². The normalized spacial score (nSPS) is 10.9. The summed E-state index contributed by atoms with van der Waals surface area (Å²) in [6.07, 6.45) is 2.82. The molecule has 1 aromatic heterocycles. The van der Waals surface area contributed by atoms with Gasteiger partial charge in [-0.2, -0.15) is 0 Å². The van der Waals surface area contributed by atoms with E-state index in [2.05, 4.69) is 31.1 Å². The van der Waals surface area contributed by atoms with E-state index in [1.165, 1.54) is 0 Å². The number of rotatable bonds is 9. The van der Waals surface area contributed by atoms with Crippen LogP contribution in [0.25, 0.3) is 0 Å². The SMILES string of the molecule is CCCOCCOc1ccnc(CNC(C)C)c1. The molecule has 0 fully saturated rings. The monoisotopic (exact) mass is 252 g/mol. The van der Waals surface area contributed by atoms with Crippen molar-refractivity contribution in [2.45, 2.75) is 39.8 Å². The van der Waals surface area contributed by atoms with Gasteiger partial charge in [0.05, 0.1) is 12.3 Å². The summed E-state index contributed by atoms with van der Waals surface area (Å²) in [4.78, 5) is 4.30. The third kappa shape index (κ3) is 6.57. The van der Waals surface area contributed by atoms with Gasteiger partial charge in [-0.15, -0.1) is 0 Å².